The molecule has 2 heterocycles. The van der Waals surface area contributed by atoms with Gasteiger partial charge in [0.05, 0.1) is 15.8 Å². The van der Waals surface area contributed by atoms with E-state index >= 15 is 0 Å². The Hall–Kier alpha value is -2.84. The maximum Gasteiger partial charge on any atom is 0.262 e. The highest BCUT2D eigenvalue weighted by molar-refractivity contribution is 7.73. The first-order chi connectivity index (χ1) is 14.4. The summed E-state index contributed by atoms with van der Waals surface area (Å²) in [5.41, 5.74) is 1.70. The van der Waals surface area contributed by atoms with Gasteiger partial charge < -0.3 is 5.32 Å². The molecule has 30 heavy (non-hydrogen) atoms. The molecule has 0 aliphatic carbocycles. The number of nitrogens with one attached hydrogen (secondary N) is 1. The molecular weight excluding hydrogens is 421 g/mol. The Bertz CT molecular complexity index is 1370. The number of rotatable bonds is 5. The predicted octanol–water partition coefficient (Wildman–Crippen LogP) is 4.77. The predicted molar refractivity (Wildman–Crippen MR) is 121 cm³/mol. The van der Waals surface area contributed by atoms with Crippen LogP contribution in [0.15, 0.2) is 53.3 Å². The van der Waals surface area contributed by atoms with E-state index in [1.165, 1.54) is 28.0 Å². The molecule has 1 atom stereocenters. The van der Waals surface area contributed by atoms with Crippen molar-refractivity contribution in [1.29, 1.82) is 0 Å². The van der Waals surface area contributed by atoms with Crippen molar-refractivity contribution in [2.24, 2.45) is 0 Å². The Morgan fingerprint density at radius 2 is 1.90 bits per heavy atom. The zero-order valence-electron chi connectivity index (χ0n) is 16.5. The van der Waals surface area contributed by atoms with Gasteiger partial charge in [0.25, 0.3) is 5.56 Å². The molecule has 0 fully saturated rings. The van der Waals surface area contributed by atoms with Crippen molar-refractivity contribution in [3.8, 4) is 10.4 Å². The van der Waals surface area contributed by atoms with Crippen molar-refractivity contribution in [2.45, 2.75) is 32.9 Å². The third-order valence-electron chi connectivity index (χ3n) is 5.09. The maximum absolute atomic E-state index is 13.5. The molecule has 8 heteroatoms. The first-order valence-electron chi connectivity index (χ1n) is 9.63. The van der Waals surface area contributed by atoms with Crippen LogP contribution >= 0.6 is 23.6 Å². The van der Waals surface area contributed by atoms with Crippen LogP contribution < -0.4 is 10.9 Å². The molecule has 0 saturated heterocycles. The fraction of sp³-hybridized carbons (Fsp3) is 0.227. The quantitative estimate of drug-likeness (QED) is 0.454. The minimum absolute atomic E-state index is 0.00496. The normalized spacial score (nSPS) is 12.4. The molecule has 4 aromatic rings. The Morgan fingerprint density at radius 1 is 1.20 bits per heavy atom. The summed E-state index contributed by atoms with van der Waals surface area (Å²) >= 11 is 6.96. The molecule has 2 aromatic heterocycles. The number of benzene rings is 2. The monoisotopic (exact) mass is 441 g/mol. The minimum atomic E-state index is -0.346. The Labute approximate surface area is 181 Å². The second-order valence-corrected chi connectivity index (χ2v) is 8.79. The van der Waals surface area contributed by atoms with Crippen LogP contribution in [0.3, 0.4) is 0 Å². The van der Waals surface area contributed by atoms with Gasteiger partial charge in [-0.25, -0.2) is 4.39 Å². The molecule has 0 saturated carbocycles. The molecule has 0 radical (unpaired) electrons. The number of hydrogen-bond donors (Lipinski definition) is 1. The van der Waals surface area contributed by atoms with E-state index < -0.39 is 0 Å². The topological polar surface area (TPSA) is 55.5 Å². The lowest BCUT2D eigenvalue weighted by molar-refractivity contribution is -0.122. The van der Waals surface area contributed by atoms with E-state index in [-0.39, 0.29) is 29.9 Å². The number of para-hydroxylation sites is 1. The first kappa shape index (κ1) is 20.4. The summed E-state index contributed by atoms with van der Waals surface area (Å²) < 4.78 is 17.3. The summed E-state index contributed by atoms with van der Waals surface area (Å²) in [5.74, 6) is -0.590. The number of thiazole rings is 1. The Kier molecular flexibility index (Phi) is 5.53. The minimum Gasteiger partial charge on any atom is -0.352 e. The van der Waals surface area contributed by atoms with Crippen LogP contribution in [0.25, 0.3) is 27.0 Å². The number of halogens is 1. The molecule has 2 aromatic carbocycles. The average Bonchev–Trinajstić information content (AvgIpc) is 3.08. The van der Waals surface area contributed by atoms with Gasteiger partial charge >= 0.3 is 0 Å². The van der Waals surface area contributed by atoms with Gasteiger partial charge in [-0.3, -0.25) is 18.6 Å². The Balaban J connectivity index is 2.03. The largest absolute Gasteiger partial charge is 0.352 e. The smallest absolute Gasteiger partial charge is 0.262 e. The highest BCUT2D eigenvalue weighted by Crippen LogP contribution is 2.33. The van der Waals surface area contributed by atoms with Crippen molar-refractivity contribution in [2.75, 3.05) is 0 Å². The van der Waals surface area contributed by atoms with E-state index in [1.54, 1.807) is 24.3 Å². The number of hydrogen-bond acceptors (Lipinski definition) is 4. The summed E-state index contributed by atoms with van der Waals surface area (Å²) in [6, 6.07) is 13.3. The number of nitrogens with zero attached hydrogens (tertiary/aromatic N) is 2. The Morgan fingerprint density at radius 3 is 2.60 bits per heavy atom. The fourth-order valence-electron chi connectivity index (χ4n) is 3.42. The van der Waals surface area contributed by atoms with Gasteiger partial charge in [-0.05, 0) is 55.4 Å². The van der Waals surface area contributed by atoms with Crippen LogP contribution in [0.1, 0.15) is 20.3 Å². The average molecular weight is 442 g/mol. The summed E-state index contributed by atoms with van der Waals surface area (Å²) in [7, 11) is 0. The van der Waals surface area contributed by atoms with Gasteiger partial charge in [0, 0.05) is 6.04 Å². The van der Waals surface area contributed by atoms with Crippen LogP contribution in [0, 0.1) is 9.77 Å². The van der Waals surface area contributed by atoms with Crippen LogP contribution in [0.2, 0.25) is 0 Å². The SMILES string of the molecule is CCC(C)NC(=O)Cn1c(=O)c2ccccc2n2c(=S)sc(-c3ccc(F)cc3)c12. The molecule has 1 amide bonds. The molecule has 0 spiro atoms. The van der Waals surface area contributed by atoms with Crippen molar-refractivity contribution in [1.82, 2.24) is 14.3 Å². The second-order valence-electron chi connectivity index (χ2n) is 7.15. The molecule has 4 rings (SSSR count). The molecule has 1 unspecified atom stereocenters. The fourth-order valence-corrected chi connectivity index (χ4v) is 4.85. The van der Waals surface area contributed by atoms with Gasteiger partial charge in [-0.2, -0.15) is 0 Å². The summed E-state index contributed by atoms with van der Waals surface area (Å²) in [6.07, 6.45) is 0.790. The van der Waals surface area contributed by atoms with Crippen LogP contribution in [-0.4, -0.2) is 20.9 Å². The van der Waals surface area contributed by atoms with Crippen molar-refractivity contribution in [3.63, 3.8) is 0 Å². The lowest BCUT2D eigenvalue weighted by atomic mass is 10.2. The van der Waals surface area contributed by atoms with E-state index in [1.807, 2.05) is 30.4 Å². The van der Waals surface area contributed by atoms with Crippen molar-refractivity contribution < 1.29 is 9.18 Å². The van der Waals surface area contributed by atoms with E-state index in [0.29, 0.717) is 20.5 Å². The molecule has 1 N–H and O–H groups in total. The second kappa shape index (κ2) is 8.12. The van der Waals surface area contributed by atoms with E-state index in [4.69, 9.17) is 12.2 Å². The molecule has 5 nitrogen and oxygen atoms in total. The number of carbonyl (C=O) groups is 1. The van der Waals surface area contributed by atoms with Crippen molar-refractivity contribution in [3.05, 3.63) is 68.7 Å². The lowest BCUT2D eigenvalue weighted by Crippen LogP contribution is -2.37. The molecule has 154 valence electrons. The number of aromatic nitrogens is 2. The third kappa shape index (κ3) is 3.57. The molecule has 0 bridgehead atoms. The van der Waals surface area contributed by atoms with Crippen LogP contribution in [-0.2, 0) is 11.3 Å². The summed E-state index contributed by atoms with van der Waals surface area (Å²) in [5, 5.41) is 3.40. The van der Waals surface area contributed by atoms with Crippen molar-refractivity contribution >= 4 is 46.0 Å². The lowest BCUT2D eigenvalue weighted by Gasteiger charge is -2.15. The maximum atomic E-state index is 13.5. The number of fused-ring (bicyclic) bond motifs is 3. The van der Waals surface area contributed by atoms with Gasteiger partial charge in [0.2, 0.25) is 5.91 Å². The first-order valence-corrected chi connectivity index (χ1v) is 10.9. The van der Waals surface area contributed by atoms with Crippen LogP contribution in [0.4, 0.5) is 4.39 Å². The van der Waals surface area contributed by atoms with Gasteiger partial charge in [-0.15, -0.1) is 11.3 Å². The summed E-state index contributed by atoms with van der Waals surface area (Å²) in [4.78, 5) is 26.7. The van der Waals surface area contributed by atoms with Gasteiger partial charge in [-0.1, -0.05) is 31.2 Å². The van der Waals surface area contributed by atoms with Crippen LogP contribution in [0.5, 0.6) is 0 Å². The highest BCUT2D eigenvalue weighted by Gasteiger charge is 2.20. The molecule has 0 aliphatic heterocycles. The van der Waals surface area contributed by atoms with Gasteiger partial charge in [0.15, 0.2) is 3.95 Å². The molecule has 0 aliphatic rings. The molecular formula is C22H20FN3O2S2. The number of carbonyl (C=O) groups excluding carboxylic acids is 1. The highest BCUT2D eigenvalue weighted by atomic mass is 32.1. The zero-order valence-corrected chi connectivity index (χ0v) is 18.1. The van der Waals surface area contributed by atoms with E-state index in [2.05, 4.69) is 5.32 Å². The summed E-state index contributed by atoms with van der Waals surface area (Å²) in [6.45, 7) is 3.77. The van der Waals surface area contributed by atoms with E-state index in [9.17, 15) is 14.0 Å². The van der Waals surface area contributed by atoms with E-state index in [0.717, 1.165) is 16.9 Å². The number of amides is 1. The standard InChI is InChI=1S/C22H20FN3O2S2/c1-3-13(2)24-18(27)12-25-20-19(14-8-10-15(23)11-9-14)30-22(29)26(20)17-7-5-4-6-16(17)21(25)28/h4-11,13H,3,12H2,1-2H3,(H,24,27). The van der Waals surface area contributed by atoms with Gasteiger partial charge in [0.1, 0.15) is 18.0 Å². The third-order valence-corrected chi connectivity index (χ3v) is 6.50. The zero-order chi connectivity index (χ0) is 21.4.